The predicted molar refractivity (Wildman–Crippen MR) is 84.0 cm³/mol. The second kappa shape index (κ2) is 8.63. The third kappa shape index (κ3) is 5.06. The van der Waals surface area contributed by atoms with E-state index in [0.717, 1.165) is 13.0 Å². The van der Waals surface area contributed by atoms with E-state index < -0.39 is 0 Å². The van der Waals surface area contributed by atoms with Crippen molar-refractivity contribution < 1.29 is 9.53 Å². The summed E-state index contributed by atoms with van der Waals surface area (Å²) in [6, 6.07) is 5.32. The Morgan fingerprint density at radius 2 is 2.05 bits per heavy atom. The van der Waals surface area contributed by atoms with Crippen molar-refractivity contribution in [3.8, 4) is 0 Å². The summed E-state index contributed by atoms with van der Waals surface area (Å²) in [6.07, 6.45) is 0.984. The van der Waals surface area contributed by atoms with Crippen LogP contribution >= 0.6 is 23.2 Å². The van der Waals surface area contributed by atoms with Crippen molar-refractivity contribution in [2.24, 2.45) is 0 Å². The molecule has 0 aromatic heterocycles. The second-order valence-electron chi connectivity index (χ2n) is 4.77. The molecule has 0 fully saturated rings. The average Bonchev–Trinajstić information content (AvgIpc) is 2.45. The Labute approximate surface area is 130 Å². The van der Waals surface area contributed by atoms with Gasteiger partial charge in [-0.2, -0.15) is 0 Å². The number of rotatable bonds is 8. The summed E-state index contributed by atoms with van der Waals surface area (Å²) in [5, 5.41) is 0.867. The number of nitrogens with zero attached hydrogens (tertiary/aromatic N) is 1. The molecule has 0 heterocycles. The monoisotopic (exact) mass is 317 g/mol. The van der Waals surface area contributed by atoms with Crippen molar-refractivity contribution in [2.75, 3.05) is 26.8 Å². The molecule has 0 aliphatic heterocycles. The fourth-order valence-electron chi connectivity index (χ4n) is 1.87. The normalized spacial score (nSPS) is 12.7. The number of Topliss-reactive ketones (excluding diaryl/α,β-unsaturated/α-hetero) is 1. The van der Waals surface area contributed by atoms with Gasteiger partial charge < -0.3 is 4.74 Å². The van der Waals surface area contributed by atoms with E-state index in [1.807, 2.05) is 0 Å². The summed E-state index contributed by atoms with van der Waals surface area (Å²) in [5.74, 6) is 0.0416. The van der Waals surface area contributed by atoms with Gasteiger partial charge in [0.1, 0.15) is 0 Å². The van der Waals surface area contributed by atoms with Gasteiger partial charge in [0.2, 0.25) is 0 Å². The molecule has 20 heavy (non-hydrogen) atoms. The van der Waals surface area contributed by atoms with Gasteiger partial charge in [0.15, 0.2) is 5.78 Å². The lowest BCUT2D eigenvalue weighted by atomic mass is 10.1. The molecule has 0 amide bonds. The Morgan fingerprint density at radius 1 is 1.35 bits per heavy atom. The summed E-state index contributed by atoms with van der Waals surface area (Å²) < 4.78 is 5.10. The van der Waals surface area contributed by atoms with Crippen LogP contribution in [0, 0.1) is 0 Å². The van der Waals surface area contributed by atoms with Gasteiger partial charge in [0.05, 0.1) is 23.2 Å². The smallest absolute Gasteiger partial charge is 0.176 e. The quantitative estimate of drug-likeness (QED) is 0.680. The maximum atomic E-state index is 12.3. The third-order valence-corrected chi connectivity index (χ3v) is 4.12. The molecule has 1 unspecified atom stereocenters. The van der Waals surface area contributed by atoms with Gasteiger partial charge in [-0.3, -0.25) is 9.69 Å². The Balaban J connectivity index is 2.76. The molecular weight excluding hydrogens is 297 g/mol. The summed E-state index contributed by atoms with van der Waals surface area (Å²) in [4.78, 5) is 14.4. The highest BCUT2D eigenvalue weighted by molar-refractivity contribution is 6.42. The minimum Gasteiger partial charge on any atom is -0.383 e. The van der Waals surface area contributed by atoms with Crippen LogP contribution in [0.25, 0.3) is 0 Å². The molecule has 1 aromatic carbocycles. The highest BCUT2D eigenvalue weighted by Crippen LogP contribution is 2.23. The third-order valence-electron chi connectivity index (χ3n) is 3.39. The Bertz CT molecular complexity index is 451. The van der Waals surface area contributed by atoms with Gasteiger partial charge in [-0.05, 0) is 31.5 Å². The van der Waals surface area contributed by atoms with Crippen LogP contribution in [0.3, 0.4) is 0 Å². The summed E-state index contributed by atoms with van der Waals surface area (Å²) >= 11 is 11.8. The first-order chi connectivity index (χ1) is 9.49. The van der Waals surface area contributed by atoms with E-state index in [0.29, 0.717) is 34.8 Å². The molecule has 0 saturated carbocycles. The number of hydrogen-bond acceptors (Lipinski definition) is 3. The van der Waals surface area contributed by atoms with Crippen LogP contribution in [0.2, 0.25) is 10.0 Å². The lowest BCUT2D eigenvalue weighted by molar-refractivity contribution is 0.0834. The van der Waals surface area contributed by atoms with E-state index in [2.05, 4.69) is 18.7 Å². The highest BCUT2D eigenvalue weighted by atomic mass is 35.5. The Kier molecular flexibility index (Phi) is 7.52. The zero-order valence-corrected chi connectivity index (χ0v) is 13.7. The summed E-state index contributed by atoms with van der Waals surface area (Å²) in [7, 11) is 1.66. The minimum atomic E-state index is 0.0416. The molecule has 0 radical (unpaired) electrons. The zero-order valence-electron chi connectivity index (χ0n) is 12.2. The Hall–Kier alpha value is -0.610. The van der Waals surface area contributed by atoms with Crippen molar-refractivity contribution in [3.63, 3.8) is 0 Å². The molecule has 1 atom stereocenters. The lowest BCUT2D eigenvalue weighted by Crippen LogP contribution is -2.39. The van der Waals surface area contributed by atoms with E-state index in [9.17, 15) is 4.79 Å². The van der Waals surface area contributed by atoms with Crippen LogP contribution in [-0.4, -0.2) is 43.5 Å². The van der Waals surface area contributed by atoms with Gasteiger partial charge in [-0.1, -0.05) is 30.1 Å². The number of ketones is 1. The maximum Gasteiger partial charge on any atom is 0.176 e. The molecule has 0 aliphatic carbocycles. The van der Waals surface area contributed by atoms with Gasteiger partial charge in [0, 0.05) is 25.3 Å². The number of ether oxygens (including phenoxy) is 1. The largest absolute Gasteiger partial charge is 0.383 e. The van der Waals surface area contributed by atoms with E-state index in [-0.39, 0.29) is 5.78 Å². The number of carbonyl (C=O) groups is 1. The summed E-state index contributed by atoms with van der Waals surface area (Å²) in [6.45, 7) is 5.92. The highest BCUT2D eigenvalue weighted by Gasteiger charge is 2.17. The van der Waals surface area contributed by atoms with Crippen LogP contribution in [0.1, 0.15) is 30.6 Å². The van der Waals surface area contributed by atoms with Gasteiger partial charge >= 0.3 is 0 Å². The van der Waals surface area contributed by atoms with Crippen LogP contribution in [0.5, 0.6) is 0 Å². The topological polar surface area (TPSA) is 29.5 Å². The van der Waals surface area contributed by atoms with Crippen molar-refractivity contribution in [3.05, 3.63) is 33.8 Å². The Morgan fingerprint density at radius 3 is 2.60 bits per heavy atom. The SMILES string of the molecule is CCC(C)N(CCOC)CC(=O)c1ccc(Cl)c(Cl)c1. The number of benzene rings is 1. The van der Waals surface area contributed by atoms with Crippen LogP contribution in [-0.2, 0) is 4.74 Å². The van der Waals surface area contributed by atoms with Crippen LogP contribution in [0.15, 0.2) is 18.2 Å². The molecular formula is C15H21Cl2NO2. The van der Waals surface area contributed by atoms with E-state index in [4.69, 9.17) is 27.9 Å². The number of hydrogen-bond donors (Lipinski definition) is 0. The summed E-state index contributed by atoms with van der Waals surface area (Å²) in [5.41, 5.74) is 0.588. The number of methoxy groups -OCH3 is 1. The first kappa shape index (κ1) is 17.4. The molecule has 0 bridgehead atoms. The lowest BCUT2D eigenvalue weighted by Gasteiger charge is -2.27. The van der Waals surface area contributed by atoms with Crippen LogP contribution < -0.4 is 0 Å². The maximum absolute atomic E-state index is 12.3. The first-order valence-corrected chi connectivity index (χ1v) is 7.46. The second-order valence-corrected chi connectivity index (χ2v) is 5.59. The molecule has 0 spiro atoms. The van der Waals surface area contributed by atoms with Gasteiger partial charge in [-0.25, -0.2) is 0 Å². The van der Waals surface area contributed by atoms with Crippen molar-refractivity contribution in [1.82, 2.24) is 4.90 Å². The molecule has 0 saturated heterocycles. The first-order valence-electron chi connectivity index (χ1n) is 6.70. The van der Waals surface area contributed by atoms with Crippen molar-refractivity contribution in [1.29, 1.82) is 0 Å². The van der Waals surface area contributed by atoms with E-state index >= 15 is 0 Å². The number of carbonyl (C=O) groups excluding carboxylic acids is 1. The van der Waals surface area contributed by atoms with Gasteiger partial charge in [0.25, 0.3) is 0 Å². The van der Waals surface area contributed by atoms with E-state index in [1.165, 1.54) is 0 Å². The average molecular weight is 318 g/mol. The minimum absolute atomic E-state index is 0.0416. The molecule has 1 rings (SSSR count). The van der Waals surface area contributed by atoms with Gasteiger partial charge in [-0.15, -0.1) is 0 Å². The molecule has 112 valence electrons. The van der Waals surface area contributed by atoms with Crippen molar-refractivity contribution in [2.45, 2.75) is 26.3 Å². The molecule has 0 aliphatic rings. The van der Waals surface area contributed by atoms with E-state index in [1.54, 1.807) is 25.3 Å². The molecule has 0 N–H and O–H groups in total. The molecule has 1 aromatic rings. The fraction of sp³-hybridized carbons (Fsp3) is 0.533. The fourth-order valence-corrected chi connectivity index (χ4v) is 2.17. The van der Waals surface area contributed by atoms with Crippen LogP contribution in [0.4, 0.5) is 0 Å². The standard InChI is InChI=1S/C15H21Cl2NO2/c1-4-11(2)18(7-8-20-3)10-15(19)12-5-6-13(16)14(17)9-12/h5-6,9,11H,4,7-8,10H2,1-3H3. The zero-order chi connectivity index (χ0) is 15.1. The number of halogens is 2. The predicted octanol–water partition coefficient (Wildman–Crippen LogP) is 3.92. The molecule has 3 nitrogen and oxygen atoms in total. The molecule has 5 heteroatoms. The van der Waals surface area contributed by atoms with Crippen molar-refractivity contribution >= 4 is 29.0 Å².